The molecular weight excluding hydrogens is 349 g/mol. The molecule has 1 atom stereocenters. The summed E-state index contributed by atoms with van der Waals surface area (Å²) in [7, 11) is 2.51. The van der Waals surface area contributed by atoms with Crippen molar-refractivity contribution in [1.82, 2.24) is 0 Å². The van der Waals surface area contributed by atoms with Gasteiger partial charge in [0.2, 0.25) is 0 Å². The van der Waals surface area contributed by atoms with E-state index in [-0.39, 0.29) is 36.2 Å². The molecule has 2 rings (SSSR count). The third kappa shape index (κ3) is 4.07. The molecule has 0 saturated heterocycles. The van der Waals surface area contributed by atoms with E-state index < -0.39 is 17.8 Å². The van der Waals surface area contributed by atoms with Gasteiger partial charge < -0.3 is 18.9 Å². The highest BCUT2D eigenvalue weighted by atomic mass is 35.5. The lowest BCUT2D eigenvalue weighted by Crippen LogP contribution is -2.20. The Hall–Kier alpha value is -1.18. The quantitative estimate of drug-likeness (QED) is 0.562. The van der Waals surface area contributed by atoms with Crippen molar-refractivity contribution >= 4 is 11.6 Å². The van der Waals surface area contributed by atoms with E-state index >= 15 is 0 Å². The van der Waals surface area contributed by atoms with E-state index in [2.05, 4.69) is 0 Å². The molecule has 0 fully saturated rings. The van der Waals surface area contributed by atoms with Crippen LogP contribution >= 0.6 is 11.6 Å². The lowest BCUT2D eigenvalue weighted by molar-refractivity contribution is -0.141. The number of ether oxygens (including phenoxy) is 4. The number of hydrogen-bond acceptors (Lipinski definition) is 4. The molecule has 136 valence electrons. The van der Waals surface area contributed by atoms with Crippen molar-refractivity contribution in [3.8, 4) is 11.5 Å². The van der Waals surface area contributed by atoms with Gasteiger partial charge in [-0.15, -0.1) is 11.6 Å². The summed E-state index contributed by atoms with van der Waals surface area (Å²) in [4.78, 5) is 0. The van der Waals surface area contributed by atoms with E-state index in [0.29, 0.717) is 25.0 Å². The molecule has 0 spiro atoms. The van der Waals surface area contributed by atoms with Gasteiger partial charge in [0.15, 0.2) is 11.5 Å². The predicted molar refractivity (Wildman–Crippen MR) is 83.1 cm³/mol. The Balaban J connectivity index is 2.60. The lowest BCUT2D eigenvalue weighted by atomic mass is 9.92. The first kappa shape index (κ1) is 19.1. The first-order valence-electron chi connectivity index (χ1n) is 7.54. The van der Waals surface area contributed by atoms with Crippen LogP contribution in [0.2, 0.25) is 0 Å². The van der Waals surface area contributed by atoms with Crippen LogP contribution in [0, 0.1) is 0 Å². The molecule has 0 radical (unpaired) electrons. The zero-order chi connectivity index (χ0) is 17.7. The van der Waals surface area contributed by atoms with Gasteiger partial charge in [0.05, 0.1) is 27.4 Å². The van der Waals surface area contributed by atoms with Gasteiger partial charge in [-0.1, -0.05) is 0 Å². The van der Waals surface area contributed by atoms with Gasteiger partial charge >= 0.3 is 6.18 Å². The Labute approximate surface area is 143 Å². The number of alkyl halides is 4. The molecule has 1 aromatic rings. The minimum absolute atomic E-state index is 0.00170. The highest BCUT2D eigenvalue weighted by molar-refractivity contribution is 6.17. The Morgan fingerprint density at radius 3 is 2.62 bits per heavy atom. The molecule has 0 aromatic heterocycles. The van der Waals surface area contributed by atoms with Crippen molar-refractivity contribution in [3.05, 3.63) is 22.8 Å². The van der Waals surface area contributed by atoms with Gasteiger partial charge in [-0.05, 0) is 24.5 Å². The molecule has 0 bridgehead atoms. The third-order valence-corrected chi connectivity index (χ3v) is 3.96. The maximum atomic E-state index is 13.8. The first-order chi connectivity index (χ1) is 11.4. The molecule has 1 aliphatic heterocycles. The minimum Gasteiger partial charge on any atom is -0.493 e. The van der Waals surface area contributed by atoms with Crippen molar-refractivity contribution < 1.29 is 32.1 Å². The molecule has 24 heavy (non-hydrogen) atoms. The summed E-state index contributed by atoms with van der Waals surface area (Å²) in [5.41, 5.74) is -0.259. The highest BCUT2D eigenvalue weighted by Crippen LogP contribution is 2.48. The number of fused-ring (bicyclic) bond motifs is 1. The lowest BCUT2D eigenvalue weighted by Gasteiger charge is -2.25. The molecule has 1 unspecified atom stereocenters. The summed E-state index contributed by atoms with van der Waals surface area (Å²) < 4.78 is 62.4. The maximum Gasteiger partial charge on any atom is 0.420 e. The van der Waals surface area contributed by atoms with Crippen molar-refractivity contribution in [3.63, 3.8) is 0 Å². The molecule has 0 aliphatic carbocycles. The SMILES string of the molecule is COc1cc2c(c(C(F)(F)F)c1OC)C(COCCCl)OCCC2. The van der Waals surface area contributed by atoms with Crippen LogP contribution in [0.15, 0.2) is 6.07 Å². The van der Waals surface area contributed by atoms with Gasteiger partial charge in [0, 0.05) is 18.1 Å². The molecule has 1 heterocycles. The number of methoxy groups -OCH3 is 2. The van der Waals surface area contributed by atoms with Crippen molar-refractivity contribution in [2.24, 2.45) is 0 Å². The zero-order valence-corrected chi connectivity index (χ0v) is 14.3. The number of halogens is 4. The van der Waals surface area contributed by atoms with Crippen molar-refractivity contribution in [1.29, 1.82) is 0 Å². The molecule has 4 nitrogen and oxygen atoms in total. The third-order valence-electron chi connectivity index (χ3n) is 3.80. The Morgan fingerprint density at radius 1 is 1.29 bits per heavy atom. The molecule has 8 heteroatoms. The fourth-order valence-corrected chi connectivity index (χ4v) is 2.97. The fraction of sp³-hybridized carbons (Fsp3) is 0.625. The topological polar surface area (TPSA) is 36.9 Å². The second-order valence-corrected chi connectivity index (χ2v) is 5.66. The van der Waals surface area contributed by atoms with Crippen molar-refractivity contribution in [2.45, 2.75) is 25.1 Å². The van der Waals surface area contributed by atoms with Crippen LogP contribution in [0.25, 0.3) is 0 Å². The fourth-order valence-electron chi connectivity index (χ4n) is 2.87. The molecular formula is C16H20ClF3O4. The summed E-state index contributed by atoms with van der Waals surface area (Å²) >= 11 is 5.56. The Morgan fingerprint density at radius 2 is 2.04 bits per heavy atom. The summed E-state index contributed by atoms with van der Waals surface area (Å²) in [5.74, 6) is -0.0139. The van der Waals surface area contributed by atoms with Crippen LogP contribution in [-0.2, 0) is 22.1 Å². The van der Waals surface area contributed by atoms with Crippen LogP contribution in [0.5, 0.6) is 11.5 Å². The molecule has 0 saturated carbocycles. The second kappa shape index (κ2) is 8.27. The van der Waals surface area contributed by atoms with Gasteiger partial charge in [0.1, 0.15) is 11.7 Å². The molecule has 0 N–H and O–H groups in total. The van der Waals surface area contributed by atoms with E-state index in [1.807, 2.05) is 0 Å². The number of benzene rings is 1. The Kier molecular flexibility index (Phi) is 6.60. The van der Waals surface area contributed by atoms with Gasteiger partial charge in [0.25, 0.3) is 0 Å². The average Bonchev–Trinajstić information content (AvgIpc) is 2.74. The second-order valence-electron chi connectivity index (χ2n) is 5.28. The first-order valence-corrected chi connectivity index (χ1v) is 8.07. The summed E-state index contributed by atoms with van der Waals surface area (Å²) in [6.07, 6.45) is -4.36. The van der Waals surface area contributed by atoms with E-state index in [4.69, 9.17) is 30.5 Å². The van der Waals surface area contributed by atoms with E-state index in [0.717, 1.165) is 0 Å². The van der Waals surface area contributed by atoms with Gasteiger partial charge in [-0.2, -0.15) is 13.2 Å². The number of aryl methyl sites for hydroxylation is 1. The summed E-state index contributed by atoms with van der Waals surface area (Å²) in [5, 5.41) is 0. The highest BCUT2D eigenvalue weighted by Gasteiger charge is 2.42. The van der Waals surface area contributed by atoms with E-state index in [1.165, 1.54) is 14.2 Å². The van der Waals surface area contributed by atoms with Crippen LogP contribution in [0.4, 0.5) is 13.2 Å². The standard InChI is InChI=1S/C16H20ClF3O4/c1-21-11-8-10-4-3-6-24-12(9-23-7-5-17)13(10)14(15(11)22-2)16(18,19)20/h8,12H,3-7,9H2,1-2H3. The monoisotopic (exact) mass is 368 g/mol. The van der Waals surface area contributed by atoms with Crippen LogP contribution in [0.1, 0.15) is 29.2 Å². The number of hydrogen-bond donors (Lipinski definition) is 0. The summed E-state index contributed by atoms with van der Waals surface area (Å²) in [6, 6.07) is 1.59. The maximum absolute atomic E-state index is 13.8. The molecule has 1 aromatic carbocycles. The average molecular weight is 369 g/mol. The van der Waals surface area contributed by atoms with E-state index in [1.54, 1.807) is 6.07 Å². The van der Waals surface area contributed by atoms with Crippen LogP contribution in [0.3, 0.4) is 0 Å². The van der Waals surface area contributed by atoms with Crippen molar-refractivity contribution in [2.75, 3.05) is 39.9 Å². The van der Waals surface area contributed by atoms with Gasteiger partial charge in [-0.25, -0.2) is 0 Å². The predicted octanol–water partition coefficient (Wildman–Crippen LogP) is 3.98. The van der Waals surface area contributed by atoms with Gasteiger partial charge in [-0.3, -0.25) is 0 Å². The minimum atomic E-state index is -4.61. The van der Waals surface area contributed by atoms with Crippen LogP contribution in [-0.4, -0.2) is 39.9 Å². The smallest absolute Gasteiger partial charge is 0.420 e. The zero-order valence-electron chi connectivity index (χ0n) is 13.5. The molecule has 1 aliphatic rings. The molecule has 0 amide bonds. The van der Waals surface area contributed by atoms with Crippen LogP contribution < -0.4 is 9.47 Å². The summed E-state index contributed by atoms with van der Waals surface area (Å²) in [6.45, 7) is 0.592. The number of rotatable bonds is 6. The normalized spacial score (nSPS) is 18.0. The Bertz CT molecular complexity index is 563. The largest absolute Gasteiger partial charge is 0.493 e. The van der Waals surface area contributed by atoms with E-state index in [9.17, 15) is 13.2 Å².